The van der Waals surface area contributed by atoms with E-state index in [2.05, 4.69) is 5.32 Å². The molecule has 0 bridgehead atoms. The Morgan fingerprint density at radius 2 is 2.25 bits per heavy atom. The lowest BCUT2D eigenvalue weighted by Crippen LogP contribution is -2.28. The Hall–Kier alpha value is -1.70. The normalized spacial score (nSPS) is 12.0. The molecule has 0 aliphatic rings. The highest BCUT2D eigenvalue weighted by molar-refractivity contribution is 6.33. The number of methoxy groups -OCH3 is 1. The van der Waals surface area contributed by atoms with E-state index in [4.69, 9.17) is 22.1 Å². The van der Waals surface area contributed by atoms with Gasteiger partial charge in [-0.3, -0.25) is 14.9 Å². The van der Waals surface area contributed by atoms with Gasteiger partial charge in [0, 0.05) is 25.4 Å². The van der Waals surface area contributed by atoms with Crippen molar-refractivity contribution in [2.45, 2.75) is 19.4 Å². The zero-order valence-corrected chi connectivity index (χ0v) is 11.9. The molecule has 0 radical (unpaired) electrons. The summed E-state index contributed by atoms with van der Waals surface area (Å²) in [7, 11) is 1.47. The van der Waals surface area contributed by atoms with Crippen LogP contribution in [0, 0.1) is 17.0 Å². The van der Waals surface area contributed by atoms with E-state index in [-0.39, 0.29) is 35.7 Å². The summed E-state index contributed by atoms with van der Waals surface area (Å²) in [6.07, 6.45) is -0.273. The van der Waals surface area contributed by atoms with E-state index in [0.29, 0.717) is 11.3 Å². The lowest BCUT2D eigenvalue weighted by Gasteiger charge is -2.14. The minimum atomic E-state index is -0.573. The van der Waals surface area contributed by atoms with Gasteiger partial charge in [0.15, 0.2) is 0 Å². The van der Waals surface area contributed by atoms with Gasteiger partial charge >= 0.3 is 0 Å². The van der Waals surface area contributed by atoms with Gasteiger partial charge in [0.05, 0.1) is 17.4 Å². The number of amides is 1. The predicted octanol–water partition coefficient (Wildman–Crippen LogP) is 1.86. The van der Waals surface area contributed by atoms with Gasteiger partial charge in [-0.05, 0) is 18.6 Å². The van der Waals surface area contributed by atoms with E-state index < -0.39 is 4.92 Å². The maximum atomic E-state index is 11.8. The molecule has 0 spiro atoms. The van der Waals surface area contributed by atoms with Crippen LogP contribution < -0.4 is 11.1 Å². The second-order valence-corrected chi connectivity index (χ2v) is 4.63. The Kier molecular flexibility index (Phi) is 5.87. The molecule has 0 aromatic heterocycles. The standard InChI is InChI=1S/C12H16ClN3O4/c1-7-3-11(16(18)19)9(13)5-10(7)15-12(17)4-8(6-14)20-2/h3,5,8H,4,6,14H2,1-2H3,(H,15,17). The number of nitrogens with two attached hydrogens (primary N) is 1. The molecule has 7 nitrogen and oxygen atoms in total. The number of anilines is 1. The average Bonchev–Trinajstić information content (AvgIpc) is 2.39. The van der Waals surface area contributed by atoms with Crippen LogP contribution in [0.25, 0.3) is 0 Å². The Labute approximate surface area is 121 Å². The molecule has 20 heavy (non-hydrogen) atoms. The second kappa shape index (κ2) is 7.18. The summed E-state index contributed by atoms with van der Waals surface area (Å²) < 4.78 is 5.01. The van der Waals surface area contributed by atoms with Crippen molar-refractivity contribution in [1.29, 1.82) is 0 Å². The lowest BCUT2D eigenvalue weighted by molar-refractivity contribution is -0.384. The van der Waals surface area contributed by atoms with Crippen LogP contribution >= 0.6 is 11.6 Å². The molecule has 0 aliphatic carbocycles. The van der Waals surface area contributed by atoms with Crippen LogP contribution in [0.4, 0.5) is 11.4 Å². The van der Waals surface area contributed by atoms with Crippen molar-refractivity contribution < 1.29 is 14.5 Å². The summed E-state index contributed by atoms with van der Waals surface area (Å²) >= 11 is 5.80. The smallest absolute Gasteiger partial charge is 0.288 e. The summed E-state index contributed by atoms with van der Waals surface area (Å²) in [6.45, 7) is 1.87. The van der Waals surface area contributed by atoms with Gasteiger partial charge < -0.3 is 15.8 Å². The summed E-state index contributed by atoms with van der Waals surface area (Å²) in [5.41, 5.74) is 6.22. The summed E-state index contributed by atoms with van der Waals surface area (Å²) in [4.78, 5) is 22.0. The third-order valence-corrected chi connectivity index (χ3v) is 3.08. The zero-order valence-electron chi connectivity index (χ0n) is 11.2. The molecule has 0 aliphatic heterocycles. The van der Waals surface area contributed by atoms with Gasteiger partial charge in [0.25, 0.3) is 5.69 Å². The van der Waals surface area contributed by atoms with Crippen LogP contribution in [0.3, 0.4) is 0 Å². The molecular weight excluding hydrogens is 286 g/mol. The van der Waals surface area contributed by atoms with Crippen molar-refractivity contribution in [2.24, 2.45) is 5.73 Å². The van der Waals surface area contributed by atoms with Gasteiger partial charge in [-0.25, -0.2) is 0 Å². The largest absolute Gasteiger partial charge is 0.380 e. The fraction of sp³-hybridized carbons (Fsp3) is 0.417. The molecular formula is C12H16ClN3O4. The number of ether oxygens (including phenoxy) is 1. The number of nitrogens with zero attached hydrogens (tertiary/aromatic N) is 1. The Bertz CT molecular complexity index is 518. The number of aryl methyl sites for hydroxylation is 1. The molecule has 110 valence electrons. The summed E-state index contributed by atoms with van der Waals surface area (Å²) in [5, 5.41) is 13.3. The van der Waals surface area contributed by atoms with Gasteiger partial charge in [-0.15, -0.1) is 0 Å². The van der Waals surface area contributed by atoms with E-state index in [1.807, 2.05) is 0 Å². The van der Waals surface area contributed by atoms with Crippen molar-refractivity contribution >= 4 is 28.9 Å². The summed E-state index contributed by atoms with van der Waals surface area (Å²) in [5.74, 6) is -0.296. The molecule has 0 saturated heterocycles. The predicted molar refractivity (Wildman–Crippen MR) is 75.9 cm³/mol. The quantitative estimate of drug-likeness (QED) is 0.616. The Morgan fingerprint density at radius 1 is 1.60 bits per heavy atom. The second-order valence-electron chi connectivity index (χ2n) is 4.22. The van der Waals surface area contributed by atoms with Crippen molar-refractivity contribution in [1.82, 2.24) is 0 Å². The first-order valence-corrected chi connectivity index (χ1v) is 6.24. The average molecular weight is 302 g/mol. The lowest BCUT2D eigenvalue weighted by atomic mass is 10.1. The van der Waals surface area contributed by atoms with Crippen molar-refractivity contribution in [3.05, 3.63) is 32.8 Å². The van der Waals surface area contributed by atoms with Crippen molar-refractivity contribution in [3.63, 3.8) is 0 Å². The number of nitro benzene ring substituents is 1. The van der Waals surface area contributed by atoms with Gasteiger partial charge in [0.2, 0.25) is 5.91 Å². The fourth-order valence-electron chi connectivity index (χ4n) is 1.61. The minimum absolute atomic E-state index is 0.0296. The van der Waals surface area contributed by atoms with Crippen LogP contribution in [-0.4, -0.2) is 30.6 Å². The Morgan fingerprint density at radius 3 is 2.75 bits per heavy atom. The van der Waals surface area contributed by atoms with Crippen LogP contribution in [-0.2, 0) is 9.53 Å². The molecule has 1 aromatic rings. The molecule has 1 aromatic carbocycles. The first-order valence-electron chi connectivity index (χ1n) is 5.86. The number of carbonyl (C=O) groups is 1. The third-order valence-electron chi connectivity index (χ3n) is 2.77. The zero-order chi connectivity index (χ0) is 15.3. The van der Waals surface area contributed by atoms with Crippen LogP contribution in [0.5, 0.6) is 0 Å². The molecule has 0 fully saturated rings. The number of nitrogens with one attached hydrogen (secondary N) is 1. The van der Waals surface area contributed by atoms with E-state index in [1.54, 1.807) is 6.92 Å². The van der Waals surface area contributed by atoms with Crippen LogP contribution in [0.1, 0.15) is 12.0 Å². The molecule has 0 heterocycles. The molecule has 1 unspecified atom stereocenters. The molecule has 3 N–H and O–H groups in total. The molecule has 8 heteroatoms. The van der Waals surface area contributed by atoms with Crippen molar-refractivity contribution in [2.75, 3.05) is 19.0 Å². The molecule has 1 atom stereocenters. The van der Waals surface area contributed by atoms with E-state index in [0.717, 1.165) is 0 Å². The number of rotatable bonds is 6. The maximum absolute atomic E-state index is 11.8. The fourth-order valence-corrected chi connectivity index (χ4v) is 1.84. The van der Waals surface area contributed by atoms with E-state index >= 15 is 0 Å². The number of carbonyl (C=O) groups excluding carboxylic acids is 1. The molecule has 1 rings (SSSR count). The highest BCUT2D eigenvalue weighted by Crippen LogP contribution is 2.30. The summed E-state index contributed by atoms with van der Waals surface area (Å²) in [6, 6.07) is 2.67. The molecule has 0 saturated carbocycles. The highest BCUT2D eigenvalue weighted by atomic mass is 35.5. The SMILES string of the molecule is COC(CN)CC(=O)Nc1cc(Cl)c([N+](=O)[O-])cc1C. The van der Waals surface area contributed by atoms with Gasteiger partial charge in [0.1, 0.15) is 5.02 Å². The number of halogens is 1. The number of hydrogen-bond acceptors (Lipinski definition) is 5. The van der Waals surface area contributed by atoms with Crippen LogP contribution in [0.15, 0.2) is 12.1 Å². The van der Waals surface area contributed by atoms with E-state index in [9.17, 15) is 14.9 Å². The molecule has 1 amide bonds. The number of hydrogen-bond donors (Lipinski definition) is 2. The minimum Gasteiger partial charge on any atom is -0.380 e. The first-order chi connectivity index (χ1) is 9.38. The maximum Gasteiger partial charge on any atom is 0.288 e. The van der Waals surface area contributed by atoms with E-state index in [1.165, 1.54) is 19.2 Å². The van der Waals surface area contributed by atoms with Crippen LogP contribution in [0.2, 0.25) is 5.02 Å². The Balaban J connectivity index is 2.85. The van der Waals surface area contributed by atoms with Gasteiger partial charge in [-0.2, -0.15) is 0 Å². The van der Waals surface area contributed by atoms with Gasteiger partial charge in [-0.1, -0.05) is 11.6 Å². The monoisotopic (exact) mass is 301 g/mol. The topological polar surface area (TPSA) is 107 Å². The number of benzene rings is 1. The number of nitro groups is 1. The highest BCUT2D eigenvalue weighted by Gasteiger charge is 2.17. The van der Waals surface area contributed by atoms with Crippen molar-refractivity contribution in [3.8, 4) is 0 Å². The third kappa shape index (κ3) is 4.16. The first kappa shape index (κ1) is 16.4.